The molecular formula is C27H30N4O3S. The van der Waals surface area contributed by atoms with Gasteiger partial charge in [0.1, 0.15) is 11.6 Å². The fraction of sp³-hybridized carbons (Fsp3) is 0.259. The van der Waals surface area contributed by atoms with Crippen molar-refractivity contribution < 1.29 is 14.7 Å². The topological polar surface area (TPSA) is 109 Å². The maximum atomic E-state index is 13.9. The molecule has 1 amide bonds. The number of carbonyl (C=O) groups excluding carboxylic acids is 2. The summed E-state index contributed by atoms with van der Waals surface area (Å²) in [5, 5.41) is 9.64. The van der Waals surface area contributed by atoms with E-state index in [2.05, 4.69) is 9.97 Å². The average molecular weight is 491 g/mol. The number of thioether (sulfide) groups is 1. The molecule has 8 heteroatoms. The second kappa shape index (κ2) is 11.8. The van der Waals surface area contributed by atoms with E-state index < -0.39 is 5.41 Å². The number of rotatable bonds is 10. The van der Waals surface area contributed by atoms with Crippen LogP contribution in [0.2, 0.25) is 0 Å². The molecule has 35 heavy (non-hydrogen) atoms. The first-order chi connectivity index (χ1) is 16.8. The van der Waals surface area contributed by atoms with Crippen LogP contribution in [0.4, 0.5) is 5.82 Å². The number of nitrogens with two attached hydrogens (primary N) is 1. The first-order valence-corrected chi connectivity index (χ1v) is 12.1. The fourth-order valence-corrected chi connectivity index (χ4v) is 4.90. The van der Waals surface area contributed by atoms with Gasteiger partial charge in [-0.05, 0) is 31.9 Å². The molecule has 0 fully saturated rings. The quantitative estimate of drug-likeness (QED) is 0.410. The number of aliphatic hydroxyl groups is 1. The van der Waals surface area contributed by atoms with Gasteiger partial charge in [0.2, 0.25) is 11.5 Å². The summed E-state index contributed by atoms with van der Waals surface area (Å²) in [5.41, 5.74) is 7.97. The van der Waals surface area contributed by atoms with E-state index in [1.54, 1.807) is 20.0 Å². The molecule has 0 aliphatic rings. The van der Waals surface area contributed by atoms with Gasteiger partial charge in [-0.3, -0.25) is 9.59 Å². The number of hydrogen-bond donors (Lipinski definition) is 2. The number of hydrogen-bond acceptors (Lipinski definition) is 7. The molecule has 0 saturated carbocycles. The lowest BCUT2D eigenvalue weighted by atomic mass is 9.77. The van der Waals surface area contributed by atoms with Crippen molar-refractivity contribution in [3.63, 3.8) is 0 Å². The van der Waals surface area contributed by atoms with Crippen LogP contribution in [0.5, 0.6) is 0 Å². The first kappa shape index (κ1) is 26.1. The van der Waals surface area contributed by atoms with Gasteiger partial charge in [0.25, 0.3) is 0 Å². The third kappa shape index (κ3) is 5.96. The Hall–Kier alpha value is -3.49. The highest BCUT2D eigenvalue weighted by molar-refractivity contribution is 8.17. The zero-order valence-corrected chi connectivity index (χ0v) is 21.0. The number of anilines is 1. The van der Waals surface area contributed by atoms with Crippen molar-refractivity contribution in [2.24, 2.45) is 0 Å². The van der Waals surface area contributed by atoms with Gasteiger partial charge in [-0.1, -0.05) is 72.4 Å². The molecule has 0 aliphatic carbocycles. The van der Waals surface area contributed by atoms with Gasteiger partial charge in [-0.25, -0.2) is 9.97 Å². The van der Waals surface area contributed by atoms with Crippen LogP contribution >= 0.6 is 11.8 Å². The molecule has 0 atom stereocenters. The highest BCUT2D eigenvalue weighted by Crippen LogP contribution is 2.40. The summed E-state index contributed by atoms with van der Waals surface area (Å²) < 4.78 is 0. The first-order valence-electron chi connectivity index (χ1n) is 11.2. The van der Waals surface area contributed by atoms with E-state index in [1.807, 2.05) is 67.6 Å². The molecule has 0 radical (unpaired) electrons. The minimum atomic E-state index is -0.935. The van der Waals surface area contributed by atoms with Crippen molar-refractivity contribution in [2.75, 3.05) is 12.3 Å². The largest absolute Gasteiger partial charge is 0.396 e. The minimum Gasteiger partial charge on any atom is -0.396 e. The molecule has 2 aromatic carbocycles. The van der Waals surface area contributed by atoms with Crippen molar-refractivity contribution in [1.29, 1.82) is 0 Å². The molecule has 3 rings (SSSR count). The normalized spacial score (nSPS) is 12.1. The number of nitrogens with zero attached hydrogens (tertiary/aromatic N) is 3. The van der Waals surface area contributed by atoms with Gasteiger partial charge >= 0.3 is 0 Å². The van der Waals surface area contributed by atoms with E-state index in [4.69, 9.17) is 5.73 Å². The van der Waals surface area contributed by atoms with Gasteiger partial charge in [-0.2, -0.15) is 0 Å². The third-order valence-electron chi connectivity index (χ3n) is 5.99. The Morgan fingerprint density at radius 3 is 2.17 bits per heavy atom. The van der Waals surface area contributed by atoms with Crippen LogP contribution in [0, 0.1) is 6.92 Å². The van der Waals surface area contributed by atoms with Crippen LogP contribution in [-0.2, 0) is 21.5 Å². The summed E-state index contributed by atoms with van der Waals surface area (Å²) in [5.74, 6) is 0.838. The number of aryl methyl sites for hydroxylation is 1. The van der Waals surface area contributed by atoms with Crippen molar-refractivity contribution in [2.45, 2.75) is 39.2 Å². The van der Waals surface area contributed by atoms with Crippen LogP contribution in [-0.4, -0.2) is 38.1 Å². The van der Waals surface area contributed by atoms with E-state index >= 15 is 0 Å². The Bertz CT molecular complexity index is 1160. The number of carbonyl (C=O) groups is 2. The summed E-state index contributed by atoms with van der Waals surface area (Å²) in [7, 11) is 0. The zero-order valence-electron chi connectivity index (χ0n) is 20.1. The van der Waals surface area contributed by atoms with E-state index in [0.717, 1.165) is 22.9 Å². The van der Waals surface area contributed by atoms with Crippen LogP contribution < -0.4 is 5.73 Å². The second-order valence-electron chi connectivity index (χ2n) is 8.29. The van der Waals surface area contributed by atoms with E-state index in [1.165, 1.54) is 4.90 Å². The Morgan fingerprint density at radius 1 is 1.11 bits per heavy atom. The molecule has 1 aromatic heterocycles. The zero-order chi connectivity index (χ0) is 25.4. The van der Waals surface area contributed by atoms with Crippen molar-refractivity contribution in [1.82, 2.24) is 14.9 Å². The molecule has 1 heterocycles. The Kier molecular flexibility index (Phi) is 8.78. The van der Waals surface area contributed by atoms with E-state index in [9.17, 15) is 14.7 Å². The molecule has 3 N–H and O–H groups in total. The number of allylic oxidation sites excluding steroid dienone is 1. The molecule has 0 unspecified atom stereocenters. The van der Waals surface area contributed by atoms with Gasteiger partial charge in [0, 0.05) is 35.4 Å². The standard InChI is InChI=1S/C27H30N4O3S/c1-19(31(18-33)17-21-16-29-20(2)30-25(21)28)24(14-15-32)35-26(34)27(3,22-10-6-4-7-11-22)23-12-8-5-9-13-23/h4-13,16,18,32H,14-15,17H2,1-3H3,(H2,28,29,30)/b24-19-. The SMILES string of the molecule is C/C(=C(\CCO)SC(=O)C(C)(c1ccccc1)c1ccccc1)N(C=O)Cc1cnc(C)nc1N. The molecule has 0 bridgehead atoms. The van der Waals surface area contributed by atoms with Crippen LogP contribution in [0.3, 0.4) is 0 Å². The highest BCUT2D eigenvalue weighted by Gasteiger charge is 2.38. The molecular weight excluding hydrogens is 460 g/mol. The lowest BCUT2D eigenvalue weighted by molar-refractivity contribution is -0.117. The van der Waals surface area contributed by atoms with Crippen molar-refractivity contribution in [3.05, 3.63) is 100.0 Å². The molecule has 0 saturated heterocycles. The predicted molar refractivity (Wildman–Crippen MR) is 139 cm³/mol. The number of amides is 1. The molecule has 182 valence electrons. The summed E-state index contributed by atoms with van der Waals surface area (Å²) in [6.07, 6.45) is 2.50. The summed E-state index contributed by atoms with van der Waals surface area (Å²) in [6, 6.07) is 19.2. The van der Waals surface area contributed by atoms with Gasteiger partial charge in [0.15, 0.2) is 0 Å². The van der Waals surface area contributed by atoms with Crippen LogP contribution in [0.25, 0.3) is 0 Å². The lowest BCUT2D eigenvalue weighted by Gasteiger charge is -2.30. The Labute approximate surface area is 210 Å². The average Bonchev–Trinajstić information content (AvgIpc) is 2.88. The number of aliphatic hydroxyl groups excluding tert-OH is 1. The lowest BCUT2D eigenvalue weighted by Crippen LogP contribution is -2.32. The maximum Gasteiger partial charge on any atom is 0.214 e. The molecule has 0 aliphatic heterocycles. The number of nitrogen functional groups attached to an aromatic ring is 1. The van der Waals surface area contributed by atoms with Gasteiger partial charge in [0.05, 0.1) is 12.0 Å². The van der Waals surface area contributed by atoms with Crippen molar-refractivity contribution in [3.8, 4) is 0 Å². The molecule has 3 aromatic rings. The second-order valence-corrected chi connectivity index (χ2v) is 9.36. The van der Waals surface area contributed by atoms with Gasteiger partial charge in [-0.15, -0.1) is 0 Å². The van der Waals surface area contributed by atoms with Crippen LogP contribution in [0.15, 0.2) is 77.5 Å². The minimum absolute atomic E-state index is 0.110. The van der Waals surface area contributed by atoms with E-state index in [-0.39, 0.29) is 24.7 Å². The summed E-state index contributed by atoms with van der Waals surface area (Å²) >= 11 is 1.05. The van der Waals surface area contributed by atoms with Crippen LogP contribution in [0.1, 0.15) is 42.8 Å². The highest BCUT2D eigenvalue weighted by atomic mass is 32.2. The van der Waals surface area contributed by atoms with Gasteiger partial charge < -0.3 is 15.7 Å². The molecule has 0 spiro atoms. The monoisotopic (exact) mass is 490 g/mol. The predicted octanol–water partition coefficient (Wildman–Crippen LogP) is 4.21. The smallest absolute Gasteiger partial charge is 0.214 e. The number of benzene rings is 2. The Balaban J connectivity index is 1.98. The van der Waals surface area contributed by atoms with E-state index in [0.29, 0.717) is 34.2 Å². The molecule has 7 nitrogen and oxygen atoms in total. The number of aromatic nitrogens is 2. The summed E-state index contributed by atoms with van der Waals surface area (Å²) in [6.45, 7) is 5.39. The summed E-state index contributed by atoms with van der Waals surface area (Å²) in [4.78, 5) is 36.3. The maximum absolute atomic E-state index is 13.9. The third-order valence-corrected chi connectivity index (χ3v) is 7.33. The Morgan fingerprint density at radius 2 is 1.69 bits per heavy atom. The fourth-order valence-electron chi connectivity index (χ4n) is 3.78. The van der Waals surface area contributed by atoms with Crippen molar-refractivity contribution >= 4 is 29.1 Å².